The van der Waals surface area contributed by atoms with Crippen LogP contribution in [0.2, 0.25) is 0 Å². The molecule has 15 heteroatoms. The van der Waals surface area contributed by atoms with Crippen molar-refractivity contribution in [1.82, 2.24) is 0 Å². The predicted octanol–water partition coefficient (Wildman–Crippen LogP) is 4.24. The monoisotopic (exact) mass is 424 g/mol. The molecule has 0 radical (unpaired) electrons. The summed E-state index contributed by atoms with van der Waals surface area (Å²) < 4.78 is 150. The fraction of sp³-hybridized carbons (Fsp3) is 0.818. The fourth-order valence-electron chi connectivity index (χ4n) is 1.56. The molecule has 1 atom stereocenters. The van der Waals surface area contributed by atoms with Gasteiger partial charge in [0.1, 0.15) is 10.8 Å². The third kappa shape index (κ3) is 4.75. The molecule has 0 saturated heterocycles. The van der Waals surface area contributed by atoms with Crippen LogP contribution in [0.1, 0.15) is 12.8 Å². The summed E-state index contributed by atoms with van der Waals surface area (Å²) in [6.07, 6.45) is -9.63. The van der Waals surface area contributed by atoms with Gasteiger partial charge in [-0.3, -0.25) is 4.21 Å². The highest BCUT2D eigenvalue weighted by molar-refractivity contribution is 7.85. The summed E-state index contributed by atoms with van der Waals surface area (Å²) in [6, 6.07) is 1.34. The van der Waals surface area contributed by atoms with Crippen molar-refractivity contribution in [3.05, 3.63) is 0 Å². The summed E-state index contributed by atoms with van der Waals surface area (Å²) in [4.78, 5) is 0. The molecule has 3 nitrogen and oxygen atoms in total. The Balaban J connectivity index is 5.72. The second-order valence-electron chi connectivity index (χ2n) is 4.93. The van der Waals surface area contributed by atoms with Crippen LogP contribution in [0.25, 0.3) is 0 Å². The molecule has 0 bridgehead atoms. The Morgan fingerprint density at radius 2 is 1.31 bits per heavy atom. The zero-order chi connectivity index (χ0) is 21.2. The van der Waals surface area contributed by atoms with Gasteiger partial charge in [0.25, 0.3) is 0 Å². The Labute approximate surface area is 140 Å². The lowest BCUT2D eigenvalue weighted by Gasteiger charge is -2.34. The summed E-state index contributed by atoms with van der Waals surface area (Å²) in [5.41, 5.74) is -8.79. The van der Waals surface area contributed by atoms with E-state index in [1.165, 1.54) is 0 Å². The number of rotatable bonds is 8. The lowest BCUT2D eigenvalue weighted by molar-refractivity contribution is -0.342. The quantitative estimate of drug-likeness (QED) is 0.548. The third-order valence-electron chi connectivity index (χ3n) is 3.08. The van der Waals surface area contributed by atoms with Gasteiger partial charge in [-0.1, -0.05) is 0 Å². The summed E-state index contributed by atoms with van der Waals surface area (Å²) in [5.74, 6) is -21.0. The Bertz CT molecular complexity index is 603. The van der Waals surface area contributed by atoms with E-state index < -0.39 is 64.5 Å². The minimum atomic E-state index is -6.73. The molecule has 0 aliphatic carbocycles. The number of hydrogen-bond acceptors (Lipinski definition) is 3. The molecule has 0 aliphatic rings. The van der Waals surface area contributed by atoms with E-state index >= 15 is 0 Å². The van der Waals surface area contributed by atoms with Gasteiger partial charge >= 0.3 is 29.7 Å². The SMILES string of the molecule is N#CC(C#N)(CCS(=O)C(F)(F)F)CC(F)(F)C(F)(F)C(F)(F)C(F)F. The number of hydrogen-bond donors (Lipinski definition) is 0. The molecule has 0 aromatic heterocycles. The predicted molar refractivity (Wildman–Crippen MR) is 62.8 cm³/mol. The van der Waals surface area contributed by atoms with E-state index in [9.17, 15) is 52.5 Å². The average molecular weight is 424 g/mol. The van der Waals surface area contributed by atoms with Gasteiger partial charge in [-0.15, -0.1) is 0 Å². The molecule has 0 aliphatic heterocycles. The minimum absolute atomic E-state index is 0.672. The molecule has 0 saturated carbocycles. The van der Waals surface area contributed by atoms with Crippen molar-refractivity contribution in [2.75, 3.05) is 5.75 Å². The van der Waals surface area contributed by atoms with Gasteiger partial charge in [-0.05, 0) is 6.42 Å². The van der Waals surface area contributed by atoms with Crippen LogP contribution in [0.5, 0.6) is 0 Å². The number of nitriles is 2. The Morgan fingerprint density at radius 1 is 0.885 bits per heavy atom. The van der Waals surface area contributed by atoms with Crippen molar-refractivity contribution < 1.29 is 52.5 Å². The topological polar surface area (TPSA) is 64.7 Å². The van der Waals surface area contributed by atoms with Crippen LogP contribution in [0.4, 0.5) is 48.3 Å². The maximum absolute atomic E-state index is 13.5. The molecule has 26 heavy (non-hydrogen) atoms. The molecular formula is C11H7F11N2OS. The maximum atomic E-state index is 13.5. The molecule has 0 fully saturated rings. The van der Waals surface area contributed by atoms with Gasteiger partial charge in [0.2, 0.25) is 0 Å². The first kappa shape index (κ1) is 24.4. The van der Waals surface area contributed by atoms with E-state index in [2.05, 4.69) is 0 Å². The fourth-order valence-corrected chi connectivity index (χ4v) is 2.32. The Morgan fingerprint density at radius 3 is 1.62 bits per heavy atom. The van der Waals surface area contributed by atoms with E-state index in [-0.39, 0.29) is 0 Å². The van der Waals surface area contributed by atoms with Gasteiger partial charge in [-0.25, -0.2) is 8.78 Å². The van der Waals surface area contributed by atoms with Gasteiger partial charge in [-0.2, -0.15) is 50.0 Å². The van der Waals surface area contributed by atoms with Gasteiger partial charge in [0.05, 0.1) is 12.1 Å². The second-order valence-corrected chi connectivity index (χ2v) is 6.49. The van der Waals surface area contributed by atoms with Gasteiger partial charge in [0, 0.05) is 12.2 Å². The Kier molecular flexibility index (Phi) is 7.06. The molecule has 0 rings (SSSR count). The summed E-state index contributed by atoms with van der Waals surface area (Å²) in [5, 5.41) is 17.3. The number of nitrogens with zero attached hydrogens (tertiary/aromatic N) is 2. The van der Waals surface area contributed by atoms with Crippen molar-refractivity contribution in [1.29, 1.82) is 10.5 Å². The van der Waals surface area contributed by atoms with Crippen LogP contribution in [0.3, 0.4) is 0 Å². The summed E-state index contributed by atoms with van der Waals surface area (Å²) in [7, 11) is -3.76. The highest BCUT2D eigenvalue weighted by atomic mass is 32.2. The molecule has 0 aromatic rings. The standard InChI is InChI=1S/C11H7F11N2OS/c12-6(13)9(16,17)10(18,19)8(14,15)3-7(4-23,5-24)1-2-26(25)11(20,21)22/h6H,1-3H2. The van der Waals surface area contributed by atoms with E-state index in [0.29, 0.717) is 12.1 Å². The van der Waals surface area contributed by atoms with Gasteiger partial charge < -0.3 is 0 Å². The van der Waals surface area contributed by atoms with E-state index in [0.717, 1.165) is 0 Å². The first-order chi connectivity index (χ1) is 11.4. The van der Waals surface area contributed by atoms with E-state index in [4.69, 9.17) is 10.5 Å². The van der Waals surface area contributed by atoms with Crippen molar-refractivity contribution in [2.45, 2.75) is 42.5 Å². The molecule has 150 valence electrons. The highest BCUT2D eigenvalue weighted by Gasteiger charge is 2.76. The van der Waals surface area contributed by atoms with Crippen LogP contribution < -0.4 is 0 Å². The first-order valence-corrected chi connectivity index (χ1v) is 7.41. The summed E-state index contributed by atoms with van der Waals surface area (Å²) >= 11 is 0. The molecule has 0 N–H and O–H groups in total. The number of alkyl halides is 11. The highest BCUT2D eigenvalue weighted by Crippen LogP contribution is 2.52. The van der Waals surface area contributed by atoms with Crippen LogP contribution in [-0.2, 0) is 10.8 Å². The van der Waals surface area contributed by atoms with E-state index in [1.54, 1.807) is 0 Å². The van der Waals surface area contributed by atoms with Crippen molar-refractivity contribution in [3.63, 3.8) is 0 Å². The van der Waals surface area contributed by atoms with Crippen LogP contribution >= 0.6 is 0 Å². The van der Waals surface area contributed by atoms with Crippen molar-refractivity contribution in [3.8, 4) is 12.1 Å². The third-order valence-corrected chi connectivity index (χ3v) is 4.17. The summed E-state index contributed by atoms with van der Waals surface area (Å²) in [6.45, 7) is 0. The van der Waals surface area contributed by atoms with Gasteiger partial charge in [0.15, 0.2) is 5.41 Å². The number of halogens is 11. The molecule has 0 heterocycles. The van der Waals surface area contributed by atoms with E-state index in [1.807, 2.05) is 0 Å². The lowest BCUT2D eigenvalue weighted by Crippen LogP contribution is -2.58. The zero-order valence-electron chi connectivity index (χ0n) is 12.1. The molecule has 1 unspecified atom stereocenters. The average Bonchev–Trinajstić information content (AvgIpc) is 2.49. The van der Waals surface area contributed by atoms with Crippen LogP contribution in [0, 0.1) is 28.1 Å². The smallest absolute Gasteiger partial charge is 0.251 e. The van der Waals surface area contributed by atoms with Crippen LogP contribution in [0.15, 0.2) is 0 Å². The molecule has 0 aromatic carbocycles. The molecule has 0 spiro atoms. The zero-order valence-corrected chi connectivity index (χ0v) is 12.9. The Hall–Kier alpha value is -1.64. The van der Waals surface area contributed by atoms with Crippen LogP contribution in [-0.4, -0.2) is 39.7 Å². The normalized spacial score (nSPS) is 15.5. The van der Waals surface area contributed by atoms with Crippen molar-refractivity contribution >= 4 is 10.8 Å². The lowest BCUT2D eigenvalue weighted by atomic mass is 9.80. The minimum Gasteiger partial charge on any atom is -0.251 e. The maximum Gasteiger partial charge on any atom is 0.471 e. The molecular weight excluding hydrogens is 417 g/mol. The van der Waals surface area contributed by atoms with Crippen molar-refractivity contribution in [2.24, 2.45) is 5.41 Å². The largest absolute Gasteiger partial charge is 0.471 e. The second kappa shape index (κ2) is 7.54. The first-order valence-electron chi connectivity index (χ1n) is 6.09. The molecule has 0 amide bonds.